The molecule has 0 radical (unpaired) electrons. The van der Waals surface area contributed by atoms with Crippen LogP contribution in [0.25, 0.3) is 0 Å². The number of amides is 1. The number of benzene rings is 1. The summed E-state index contributed by atoms with van der Waals surface area (Å²) in [6.45, 7) is 0.108. The Morgan fingerprint density at radius 3 is 2.52 bits per heavy atom. The zero-order valence-corrected chi connectivity index (χ0v) is 11.1. The van der Waals surface area contributed by atoms with Gasteiger partial charge in [-0.25, -0.2) is 0 Å². The van der Waals surface area contributed by atoms with Gasteiger partial charge in [0.05, 0.1) is 28.3 Å². The van der Waals surface area contributed by atoms with Crippen LogP contribution in [0.2, 0.25) is 0 Å². The average Bonchev–Trinajstić information content (AvgIpc) is 2.37. The number of nitrogens with zero attached hydrogens (tertiary/aromatic N) is 1. The molecule has 4 nitrogen and oxygen atoms in total. The zero-order valence-electron chi connectivity index (χ0n) is 11.1. The number of anilines is 1. The standard InChI is InChI=1S/C14H14F3N3O/c15-14(16,17)10-6-9(7-18)2-3-11(10)20-12(21)13(8-19)4-1-5-13/h2-3,6H,1,4-5,8,19H2,(H,20,21). The summed E-state index contributed by atoms with van der Waals surface area (Å²) >= 11 is 0. The fraction of sp³-hybridized carbons (Fsp3) is 0.429. The molecular weight excluding hydrogens is 283 g/mol. The molecule has 3 N–H and O–H groups in total. The van der Waals surface area contributed by atoms with Crippen molar-refractivity contribution in [2.75, 3.05) is 11.9 Å². The van der Waals surface area contributed by atoms with Crippen LogP contribution in [-0.4, -0.2) is 12.5 Å². The number of nitrogens with two attached hydrogens (primary N) is 1. The number of carbonyl (C=O) groups is 1. The van der Waals surface area contributed by atoms with Gasteiger partial charge in [-0.05, 0) is 31.0 Å². The minimum Gasteiger partial charge on any atom is -0.329 e. The van der Waals surface area contributed by atoms with Crippen LogP contribution >= 0.6 is 0 Å². The SMILES string of the molecule is N#Cc1ccc(NC(=O)C2(CN)CCC2)c(C(F)(F)F)c1. The van der Waals surface area contributed by atoms with E-state index >= 15 is 0 Å². The lowest BCUT2D eigenvalue weighted by atomic mass is 9.68. The molecule has 0 atom stereocenters. The molecule has 0 aliphatic heterocycles. The second-order valence-corrected chi connectivity index (χ2v) is 5.16. The van der Waals surface area contributed by atoms with Crippen LogP contribution in [0, 0.1) is 16.7 Å². The number of rotatable bonds is 3. The fourth-order valence-corrected chi connectivity index (χ4v) is 2.34. The quantitative estimate of drug-likeness (QED) is 0.900. The van der Waals surface area contributed by atoms with E-state index < -0.39 is 23.1 Å². The van der Waals surface area contributed by atoms with Gasteiger partial charge in [0, 0.05) is 6.54 Å². The van der Waals surface area contributed by atoms with Crippen molar-refractivity contribution in [3.05, 3.63) is 29.3 Å². The number of hydrogen-bond donors (Lipinski definition) is 2. The predicted octanol–water partition coefficient (Wildman–Crippen LogP) is 2.64. The van der Waals surface area contributed by atoms with E-state index in [-0.39, 0.29) is 17.8 Å². The Labute approximate surface area is 119 Å². The largest absolute Gasteiger partial charge is 0.418 e. The molecular formula is C14H14F3N3O. The Morgan fingerprint density at radius 2 is 2.10 bits per heavy atom. The van der Waals surface area contributed by atoms with Gasteiger partial charge >= 0.3 is 6.18 Å². The highest BCUT2D eigenvalue weighted by molar-refractivity contribution is 5.96. The Morgan fingerprint density at radius 1 is 1.43 bits per heavy atom. The van der Waals surface area contributed by atoms with E-state index in [2.05, 4.69) is 5.32 Å². The van der Waals surface area contributed by atoms with Crippen molar-refractivity contribution in [2.24, 2.45) is 11.1 Å². The average molecular weight is 297 g/mol. The van der Waals surface area contributed by atoms with Crippen molar-refractivity contribution in [3.63, 3.8) is 0 Å². The highest BCUT2D eigenvalue weighted by Gasteiger charge is 2.43. The molecule has 0 saturated heterocycles. The molecule has 1 amide bonds. The molecule has 1 aliphatic carbocycles. The van der Waals surface area contributed by atoms with Crippen molar-refractivity contribution in [2.45, 2.75) is 25.4 Å². The number of nitrogens with one attached hydrogen (secondary N) is 1. The van der Waals surface area contributed by atoms with E-state index in [0.717, 1.165) is 18.6 Å². The van der Waals surface area contributed by atoms with Gasteiger partial charge in [-0.15, -0.1) is 0 Å². The van der Waals surface area contributed by atoms with Crippen LogP contribution in [0.15, 0.2) is 18.2 Å². The molecule has 0 bridgehead atoms. The minimum absolute atomic E-state index is 0.108. The molecule has 1 aliphatic rings. The summed E-state index contributed by atoms with van der Waals surface area (Å²) in [6, 6.07) is 4.71. The lowest BCUT2D eigenvalue weighted by Crippen LogP contribution is -2.47. The van der Waals surface area contributed by atoms with Crippen LogP contribution in [0.5, 0.6) is 0 Å². The zero-order chi connectivity index (χ0) is 15.7. The number of hydrogen-bond acceptors (Lipinski definition) is 3. The summed E-state index contributed by atoms with van der Waals surface area (Å²) < 4.78 is 39.0. The maximum absolute atomic E-state index is 13.0. The van der Waals surface area contributed by atoms with Crippen LogP contribution in [0.4, 0.5) is 18.9 Å². The topological polar surface area (TPSA) is 78.9 Å². The van der Waals surface area contributed by atoms with Crippen LogP contribution in [-0.2, 0) is 11.0 Å². The lowest BCUT2D eigenvalue weighted by molar-refractivity contribution is -0.137. The summed E-state index contributed by atoms with van der Waals surface area (Å²) in [5.74, 6) is -0.494. The molecule has 7 heteroatoms. The molecule has 21 heavy (non-hydrogen) atoms. The van der Waals surface area contributed by atoms with Crippen molar-refractivity contribution >= 4 is 11.6 Å². The summed E-state index contributed by atoms with van der Waals surface area (Å²) in [5, 5.41) is 11.0. The van der Waals surface area contributed by atoms with Gasteiger partial charge in [0.25, 0.3) is 0 Å². The minimum atomic E-state index is -4.65. The van der Waals surface area contributed by atoms with Gasteiger partial charge < -0.3 is 11.1 Å². The number of alkyl halides is 3. The summed E-state index contributed by atoms with van der Waals surface area (Å²) in [6.07, 6.45) is -2.66. The van der Waals surface area contributed by atoms with E-state index in [9.17, 15) is 18.0 Å². The summed E-state index contributed by atoms with van der Waals surface area (Å²) in [4.78, 5) is 12.2. The second-order valence-electron chi connectivity index (χ2n) is 5.16. The van der Waals surface area contributed by atoms with E-state index in [1.54, 1.807) is 6.07 Å². The number of nitriles is 1. The number of halogens is 3. The molecule has 0 aromatic heterocycles. The van der Waals surface area contributed by atoms with Crippen molar-refractivity contribution < 1.29 is 18.0 Å². The maximum Gasteiger partial charge on any atom is 0.418 e. The van der Waals surface area contributed by atoms with E-state index in [4.69, 9.17) is 11.0 Å². The van der Waals surface area contributed by atoms with Gasteiger partial charge in [0.15, 0.2) is 0 Å². The lowest BCUT2D eigenvalue weighted by Gasteiger charge is -2.39. The first-order valence-corrected chi connectivity index (χ1v) is 6.45. The highest BCUT2D eigenvalue weighted by Crippen LogP contribution is 2.42. The Balaban J connectivity index is 2.32. The van der Waals surface area contributed by atoms with Crippen LogP contribution in [0.1, 0.15) is 30.4 Å². The van der Waals surface area contributed by atoms with Gasteiger partial charge in [0.1, 0.15) is 0 Å². The van der Waals surface area contributed by atoms with Crippen molar-refractivity contribution in [1.82, 2.24) is 0 Å². The van der Waals surface area contributed by atoms with E-state index in [0.29, 0.717) is 12.8 Å². The summed E-state index contributed by atoms with van der Waals surface area (Å²) in [7, 11) is 0. The van der Waals surface area contributed by atoms with Crippen LogP contribution in [0.3, 0.4) is 0 Å². The maximum atomic E-state index is 13.0. The first-order chi connectivity index (χ1) is 9.82. The van der Waals surface area contributed by atoms with E-state index in [1.807, 2.05) is 0 Å². The fourth-order valence-electron chi connectivity index (χ4n) is 2.34. The van der Waals surface area contributed by atoms with Gasteiger partial charge in [-0.1, -0.05) is 6.42 Å². The molecule has 0 unspecified atom stereocenters. The Hall–Kier alpha value is -2.07. The monoisotopic (exact) mass is 297 g/mol. The third-order valence-electron chi connectivity index (χ3n) is 3.89. The highest BCUT2D eigenvalue weighted by atomic mass is 19.4. The molecule has 2 rings (SSSR count). The smallest absolute Gasteiger partial charge is 0.329 e. The first-order valence-electron chi connectivity index (χ1n) is 6.45. The van der Waals surface area contributed by atoms with Gasteiger partial charge in [-0.2, -0.15) is 18.4 Å². The van der Waals surface area contributed by atoms with Gasteiger partial charge in [-0.3, -0.25) is 4.79 Å². The molecule has 0 spiro atoms. The third-order valence-corrected chi connectivity index (χ3v) is 3.89. The first kappa shape index (κ1) is 15.3. The predicted molar refractivity (Wildman–Crippen MR) is 70.1 cm³/mol. The van der Waals surface area contributed by atoms with E-state index in [1.165, 1.54) is 6.07 Å². The normalized spacial score (nSPS) is 16.7. The van der Waals surface area contributed by atoms with Crippen molar-refractivity contribution in [3.8, 4) is 6.07 Å². The molecule has 112 valence electrons. The molecule has 1 saturated carbocycles. The summed E-state index contributed by atoms with van der Waals surface area (Å²) in [5.41, 5.74) is 3.32. The second kappa shape index (κ2) is 5.37. The Bertz CT molecular complexity index is 595. The van der Waals surface area contributed by atoms with Crippen LogP contribution < -0.4 is 11.1 Å². The molecule has 1 fully saturated rings. The van der Waals surface area contributed by atoms with Gasteiger partial charge in [0.2, 0.25) is 5.91 Å². The molecule has 1 aromatic rings. The van der Waals surface area contributed by atoms with Crippen molar-refractivity contribution in [1.29, 1.82) is 5.26 Å². The molecule has 0 heterocycles. The Kier molecular flexibility index (Phi) is 3.92. The molecule has 1 aromatic carbocycles. The number of carbonyl (C=O) groups excluding carboxylic acids is 1. The third kappa shape index (κ3) is 2.85.